The van der Waals surface area contributed by atoms with E-state index in [4.69, 9.17) is 34.8 Å². The molecule has 0 radical (unpaired) electrons. The van der Waals surface area contributed by atoms with E-state index in [-0.39, 0.29) is 5.38 Å². The van der Waals surface area contributed by atoms with Gasteiger partial charge >= 0.3 is 0 Å². The minimum Gasteiger partial charge on any atom is -0.123 e. The molecule has 0 aromatic heterocycles. The van der Waals surface area contributed by atoms with E-state index in [0.29, 0.717) is 10.9 Å². The van der Waals surface area contributed by atoms with E-state index >= 15 is 0 Å². The maximum Gasteiger partial charge on any atom is 0.0452 e. The number of rotatable bonds is 3. The Bertz CT molecular complexity index is 428. The highest BCUT2D eigenvalue weighted by atomic mass is 35.5. The van der Waals surface area contributed by atoms with Gasteiger partial charge < -0.3 is 0 Å². The summed E-state index contributed by atoms with van der Waals surface area (Å²) >= 11 is 18.7. The fourth-order valence-corrected chi connectivity index (χ4v) is 3.85. The lowest BCUT2D eigenvalue weighted by molar-refractivity contribution is 0.218. The van der Waals surface area contributed by atoms with E-state index in [1.54, 1.807) is 0 Å². The predicted molar refractivity (Wildman–Crippen MR) is 85.5 cm³/mol. The third-order valence-corrected chi connectivity index (χ3v) is 5.53. The highest BCUT2D eigenvalue weighted by Crippen LogP contribution is 2.39. The summed E-state index contributed by atoms with van der Waals surface area (Å²) in [5.41, 5.74) is 1.17. The molecule has 2 rings (SSSR count). The van der Waals surface area contributed by atoms with E-state index in [1.165, 1.54) is 18.4 Å². The van der Waals surface area contributed by atoms with E-state index in [0.717, 1.165) is 29.7 Å². The highest BCUT2D eigenvalue weighted by Gasteiger charge is 2.30. The van der Waals surface area contributed by atoms with Crippen LogP contribution in [0.2, 0.25) is 10.0 Å². The van der Waals surface area contributed by atoms with Gasteiger partial charge in [-0.2, -0.15) is 0 Å². The third kappa shape index (κ3) is 4.03. The van der Waals surface area contributed by atoms with Gasteiger partial charge in [0.05, 0.1) is 0 Å². The van der Waals surface area contributed by atoms with Gasteiger partial charge in [0.25, 0.3) is 0 Å². The summed E-state index contributed by atoms with van der Waals surface area (Å²) in [5, 5.41) is 1.74. The molecule has 1 aromatic rings. The van der Waals surface area contributed by atoms with Gasteiger partial charge in [0, 0.05) is 15.4 Å². The normalized spacial score (nSPS) is 27.8. The zero-order chi connectivity index (χ0) is 14.0. The Hall–Kier alpha value is 0.0900. The molecule has 19 heavy (non-hydrogen) atoms. The van der Waals surface area contributed by atoms with Crippen LogP contribution in [0.5, 0.6) is 0 Å². The molecule has 3 atom stereocenters. The SMILES string of the molecule is CC(C)C1CCC(Cl)C(Cc2ccc(Cl)cc2Cl)C1. The van der Waals surface area contributed by atoms with Gasteiger partial charge in [-0.15, -0.1) is 11.6 Å². The fourth-order valence-electron chi connectivity index (χ4n) is 3.05. The molecular weight excluding hydrogens is 299 g/mol. The van der Waals surface area contributed by atoms with Crippen molar-refractivity contribution in [1.82, 2.24) is 0 Å². The highest BCUT2D eigenvalue weighted by molar-refractivity contribution is 6.35. The van der Waals surface area contributed by atoms with Gasteiger partial charge in [0.1, 0.15) is 0 Å². The van der Waals surface area contributed by atoms with Crippen LogP contribution in [-0.2, 0) is 6.42 Å². The van der Waals surface area contributed by atoms with Crippen molar-refractivity contribution in [3.05, 3.63) is 33.8 Å². The van der Waals surface area contributed by atoms with Crippen molar-refractivity contribution in [3.63, 3.8) is 0 Å². The quantitative estimate of drug-likeness (QED) is 0.580. The first-order chi connectivity index (χ1) is 8.97. The molecule has 0 spiro atoms. The monoisotopic (exact) mass is 318 g/mol. The molecule has 3 unspecified atom stereocenters. The Morgan fingerprint density at radius 2 is 1.95 bits per heavy atom. The summed E-state index contributed by atoms with van der Waals surface area (Å²) in [5.74, 6) is 2.07. The molecule has 1 aliphatic carbocycles. The van der Waals surface area contributed by atoms with Gasteiger partial charge in [-0.1, -0.05) is 43.1 Å². The van der Waals surface area contributed by atoms with Crippen molar-refractivity contribution < 1.29 is 0 Å². The number of hydrogen-bond donors (Lipinski definition) is 0. The second-order valence-corrected chi connectivity index (χ2v) is 7.44. The first kappa shape index (κ1) is 15.5. The lowest BCUT2D eigenvalue weighted by Gasteiger charge is -2.35. The first-order valence-electron chi connectivity index (χ1n) is 7.05. The molecule has 106 valence electrons. The van der Waals surface area contributed by atoms with E-state index < -0.39 is 0 Å². The van der Waals surface area contributed by atoms with Crippen molar-refractivity contribution in [3.8, 4) is 0 Å². The molecule has 0 amide bonds. The predicted octanol–water partition coefficient (Wildman–Crippen LogP) is 6.22. The molecule has 3 heteroatoms. The molecule has 0 N–H and O–H groups in total. The summed E-state index contributed by atoms with van der Waals surface area (Å²) < 4.78 is 0. The van der Waals surface area contributed by atoms with Gasteiger partial charge in [-0.05, 0) is 61.1 Å². The second-order valence-electron chi connectivity index (χ2n) is 6.03. The summed E-state index contributed by atoms with van der Waals surface area (Å²) in [4.78, 5) is 0. The molecule has 0 bridgehead atoms. The van der Waals surface area contributed by atoms with E-state index in [9.17, 15) is 0 Å². The van der Waals surface area contributed by atoms with Crippen LogP contribution in [0.3, 0.4) is 0 Å². The molecule has 1 fully saturated rings. The van der Waals surface area contributed by atoms with Crippen LogP contribution in [0.25, 0.3) is 0 Å². The molecule has 1 aromatic carbocycles. The van der Waals surface area contributed by atoms with Crippen molar-refractivity contribution >= 4 is 34.8 Å². The number of benzene rings is 1. The molecular formula is C16H21Cl3. The lowest BCUT2D eigenvalue weighted by atomic mass is 9.74. The number of halogens is 3. The Labute approximate surface area is 131 Å². The molecule has 0 saturated heterocycles. The van der Waals surface area contributed by atoms with Crippen LogP contribution < -0.4 is 0 Å². The standard InChI is InChI=1S/C16H21Cl3/c1-10(2)11-4-6-15(18)13(7-11)8-12-3-5-14(17)9-16(12)19/h3,5,9-11,13,15H,4,6-8H2,1-2H3. The van der Waals surface area contributed by atoms with Crippen molar-refractivity contribution in [2.45, 2.75) is 44.9 Å². The lowest BCUT2D eigenvalue weighted by Crippen LogP contribution is -2.29. The zero-order valence-corrected chi connectivity index (χ0v) is 13.8. The number of alkyl halides is 1. The van der Waals surface area contributed by atoms with Gasteiger partial charge in [-0.25, -0.2) is 0 Å². The van der Waals surface area contributed by atoms with E-state index in [1.807, 2.05) is 18.2 Å². The van der Waals surface area contributed by atoms with Crippen molar-refractivity contribution in [1.29, 1.82) is 0 Å². The molecule has 1 saturated carbocycles. The molecule has 0 nitrogen and oxygen atoms in total. The summed E-state index contributed by atoms with van der Waals surface area (Å²) in [7, 11) is 0. The van der Waals surface area contributed by atoms with Crippen LogP contribution in [0.1, 0.15) is 38.7 Å². The van der Waals surface area contributed by atoms with Crippen LogP contribution in [0.4, 0.5) is 0 Å². The van der Waals surface area contributed by atoms with Crippen LogP contribution in [0, 0.1) is 17.8 Å². The average Bonchev–Trinajstić information content (AvgIpc) is 2.34. The molecule has 0 aliphatic heterocycles. The maximum absolute atomic E-state index is 6.52. The van der Waals surface area contributed by atoms with E-state index in [2.05, 4.69) is 13.8 Å². The minimum absolute atomic E-state index is 0.279. The summed E-state index contributed by atoms with van der Waals surface area (Å²) in [6, 6.07) is 5.77. The second kappa shape index (κ2) is 6.70. The fraction of sp³-hybridized carbons (Fsp3) is 0.625. The summed E-state index contributed by atoms with van der Waals surface area (Å²) in [6.07, 6.45) is 4.56. The van der Waals surface area contributed by atoms with Crippen molar-refractivity contribution in [2.75, 3.05) is 0 Å². The van der Waals surface area contributed by atoms with Crippen molar-refractivity contribution in [2.24, 2.45) is 17.8 Å². The largest absolute Gasteiger partial charge is 0.123 e. The van der Waals surface area contributed by atoms with Gasteiger partial charge in [0.15, 0.2) is 0 Å². The Balaban J connectivity index is 2.07. The first-order valence-corrected chi connectivity index (χ1v) is 8.24. The third-order valence-electron chi connectivity index (χ3n) is 4.37. The van der Waals surface area contributed by atoms with Crippen LogP contribution in [-0.4, -0.2) is 5.38 Å². The molecule has 1 aliphatic rings. The number of hydrogen-bond acceptors (Lipinski definition) is 0. The smallest absolute Gasteiger partial charge is 0.0452 e. The molecule has 0 heterocycles. The van der Waals surface area contributed by atoms with Crippen LogP contribution in [0.15, 0.2) is 18.2 Å². The average molecular weight is 320 g/mol. The topological polar surface area (TPSA) is 0 Å². The van der Waals surface area contributed by atoms with Crippen LogP contribution >= 0.6 is 34.8 Å². The van der Waals surface area contributed by atoms with Gasteiger partial charge in [0.2, 0.25) is 0 Å². The Kier molecular flexibility index (Phi) is 5.45. The maximum atomic E-state index is 6.52. The van der Waals surface area contributed by atoms with Gasteiger partial charge in [-0.3, -0.25) is 0 Å². The Morgan fingerprint density at radius 3 is 2.58 bits per heavy atom. The summed E-state index contributed by atoms with van der Waals surface area (Å²) in [6.45, 7) is 4.62. The minimum atomic E-state index is 0.279. The zero-order valence-electron chi connectivity index (χ0n) is 11.5. The Morgan fingerprint density at radius 1 is 1.21 bits per heavy atom.